The van der Waals surface area contributed by atoms with Gasteiger partial charge in [0.15, 0.2) is 0 Å². The van der Waals surface area contributed by atoms with Crippen LogP contribution in [0, 0.1) is 0 Å². The number of amides is 1. The van der Waals surface area contributed by atoms with Crippen molar-refractivity contribution in [2.24, 2.45) is 0 Å². The lowest BCUT2D eigenvalue weighted by Crippen LogP contribution is -2.37. The number of pyridine rings is 1. The van der Waals surface area contributed by atoms with Gasteiger partial charge in [0.05, 0.1) is 6.04 Å². The van der Waals surface area contributed by atoms with Crippen molar-refractivity contribution in [2.75, 3.05) is 20.1 Å². The average molecular weight is 219 g/mol. The molecule has 0 bridgehead atoms. The van der Waals surface area contributed by atoms with Crippen LogP contribution in [0.5, 0.6) is 0 Å². The lowest BCUT2D eigenvalue weighted by Gasteiger charge is -2.16. The molecule has 2 heterocycles. The third-order valence-corrected chi connectivity index (χ3v) is 3.01. The lowest BCUT2D eigenvalue weighted by atomic mass is 10.2. The molecule has 1 aromatic rings. The Kier molecular flexibility index (Phi) is 3.51. The van der Waals surface area contributed by atoms with Crippen molar-refractivity contribution in [1.29, 1.82) is 0 Å². The number of carbonyl (C=O) groups is 1. The maximum atomic E-state index is 11.8. The number of nitrogens with zero attached hydrogens (tertiary/aromatic N) is 2. The topological polar surface area (TPSA) is 45.2 Å². The molecule has 1 saturated heterocycles. The number of hydrogen-bond donors (Lipinski definition) is 1. The molecule has 1 atom stereocenters. The van der Waals surface area contributed by atoms with Crippen LogP contribution in [0.4, 0.5) is 0 Å². The Bertz CT molecular complexity index is 353. The van der Waals surface area contributed by atoms with Crippen LogP contribution in [0.15, 0.2) is 24.4 Å². The molecule has 1 aliphatic heterocycles. The molecule has 4 heteroatoms. The molecule has 1 N–H and O–H groups in total. The largest absolute Gasteiger partial charge is 0.341 e. The third kappa shape index (κ3) is 2.39. The summed E-state index contributed by atoms with van der Waals surface area (Å²) >= 11 is 0. The molecule has 1 aromatic heterocycles. The summed E-state index contributed by atoms with van der Waals surface area (Å²) in [7, 11) is 1.84. The number of likely N-dealkylation sites (tertiary alicyclic amines) is 1. The summed E-state index contributed by atoms with van der Waals surface area (Å²) < 4.78 is 0. The molecule has 0 radical (unpaired) electrons. The van der Waals surface area contributed by atoms with Crippen LogP contribution in [0.3, 0.4) is 0 Å². The van der Waals surface area contributed by atoms with Gasteiger partial charge in [0, 0.05) is 31.4 Å². The van der Waals surface area contributed by atoms with Crippen LogP contribution in [-0.4, -0.2) is 42.0 Å². The maximum absolute atomic E-state index is 11.8. The molecule has 1 fully saturated rings. The second-order valence-corrected chi connectivity index (χ2v) is 4.03. The van der Waals surface area contributed by atoms with Gasteiger partial charge in [-0.1, -0.05) is 6.07 Å². The summed E-state index contributed by atoms with van der Waals surface area (Å²) in [6.07, 6.45) is 3.54. The van der Waals surface area contributed by atoms with Crippen molar-refractivity contribution in [3.8, 4) is 0 Å². The van der Waals surface area contributed by atoms with E-state index in [0.717, 1.165) is 31.6 Å². The molecule has 16 heavy (non-hydrogen) atoms. The first-order valence-corrected chi connectivity index (χ1v) is 5.67. The molecule has 0 spiro atoms. The van der Waals surface area contributed by atoms with E-state index in [-0.39, 0.29) is 11.9 Å². The van der Waals surface area contributed by atoms with E-state index in [9.17, 15) is 4.79 Å². The Hall–Kier alpha value is -1.42. The van der Waals surface area contributed by atoms with E-state index in [4.69, 9.17) is 0 Å². The molecule has 0 saturated carbocycles. The van der Waals surface area contributed by atoms with Crippen LogP contribution < -0.4 is 5.32 Å². The van der Waals surface area contributed by atoms with Crippen molar-refractivity contribution >= 4 is 5.91 Å². The van der Waals surface area contributed by atoms with Crippen molar-refractivity contribution in [3.63, 3.8) is 0 Å². The minimum Gasteiger partial charge on any atom is -0.341 e. The van der Waals surface area contributed by atoms with Gasteiger partial charge in [0.25, 0.3) is 0 Å². The summed E-state index contributed by atoms with van der Waals surface area (Å²) in [4.78, 5) is 18.0. The number of hydrogen-bond acceptors (Lipinski definition) is 3. The summed E-state index contributed by atoms with van der Waals surface area (Å²) in [6, 6.07) is 5.89. The van der Waals surface area contributed by atoms with Gasteiger partial charge in [-0.25, -0.2) is 0 Å². The van der Waals surface area contributed by atoms with Crippen LogP contribution in [0.1, 0.15) is 12.1 Å². The quantitative estimate of drug-likeness (QED) is 0.799. The fourth-order valence-corrected chi connectivity index (χ4v) is 2.02. The molecule has 1 aliphatic rings. The summed E-state index contributed by atoms with van der Waals surface area (Å²) in [6.45, 7) is 1.63. The number of aromatic nitrogens is 1. The standard InChI is InChI=1S/C12H17N3O/c1-13-11-6-9-15(12(11)16)8-5-10-4-2-3-7-14-10/h2-4,7,11,13H,5-6,8-9H2,1H3. The fourth-order valence-electron chi connectivity index (χ4n) is 2.02. The van der Waals surface area contributed by atoms with Gasteiger partial charge in [-0.3, -0.25) is 9.78 Å². The van der Waals surface area contributed by atoms with Crippen LogP contribution >= 0.6 is 0 Å². The van der Waals surface area contributed by atoms with Crippen LogP contribution in [0.25, 0.3) is 0 Å². The van der Waals surface area contributed by atoms with Crippen molar-refractivity contribution in [3.05, 3.63) is 30.1 Å². The fraction of sp³-hybridized carbons (Fsp3) is 0.500. The van der Waals surface area contributed by atoms with Gasteiger partial charge in [0.2, 0.25) is 5.91 Å². The lowest BCUT2D eigenvalue weighted by molar-refractivity contribution is -0.129. The highest BCUT2D eigenvalue weighted by molar-refractivity contribution is 5.83. The van der Waals surface area contributed by atoms with E-state index in [1.54, 1.807) is 6.20 Å². The molecule has 1 unspecified atom stereocenters. The van der Waals surface area contributed by atoms with Gasteiger partial charge in [0.1, 0.15) is 0 Å². The van der Waals surface area contributed by atoms with Crippen LogP contribution in [0.2, 0.25) is 0 Å². The maximum Gasteiger partial charge on any atom is 0.239 e. The highest BCUT2D eigenvalue weighted by atomic mass is 16.2. The average Bonchev–Trinajstić information content (AvgIpc) is 2.69. The normalized spacial score (nSPS) is 20.4. The number of rotatable bonds is 4. The van der Waals surface area contributed by atoms with E-state index >= 15 is 0 Å². The van der Waals surface area contributed by atoms with Crippen LogP contribution in [-0.2, 0) is 11.2 Å². The van der Waals surface area contributed by atoms with Gasteiger partial charge in [-0.05, 0) is 25.6 Å². The summed E-state index contributed by atoms with van der Waals surface area (Å²) in [5, 5.41) is 3.04. The molecule has 4 nitrogen and oxygen atoms in total. The van der Waals surface area contributed by atoms with Gasteiger partial charge in [-0.15, -0.1) is 0 Å². The molecule has 0 aromatic carbocycles. The SMILES string of the molecule is CNC1CCN(CCc2ccccn2)C1=O. The second kappa shape index (κ2) is 5.07. The molecule has 1 amide bonds. The van der Waals surface area contributed by atoms with E-state index in [1.807, 2.05) is 30.1 Å². The monoisotopic (exact) mass is 219 g/mol. The Balaban J connectivity index is 1.86. The number of carbonyl (C=O) groups excluding carboxylic acids is 1. The summed E-state index contributed by atoms with van der Waals surface area (Å²) in [5.74, 6) is 0.221. The van der Waals surface area contributed by atoms with Crippen molar-refractivity contribution in [2.45, 2.75) is 18.9 Å². The molecule has 86 valence electrons. The molecule has 2 rings (SSSR count). The zero-order chi connectivity index (χ0) is 11.4. The zero-order valence-corrected chi connectivity index (χ0v) is 9.52. The van der Waals surface area contributed by atoms with Gasteiger partial charge < -0.3 is 10.2 Å². The second-order valence-electron chi connectivity index (χ2n) is 4.03. The first kappa shape index (κ1) is 11.1. The van der Waals surface area contributed by atoms with Crippen molar-refractivity contribution < 1.29 is 4.79 Å². The van der Waals surface area contributed by atoms with E-state index in [1.165, 1.54) is 0 Å². The van der Waals surface area contributed by atoms with E-state index < -0.39 is 0 Å². The van der Waals surface area contributed by atoms with Crippen molar-refractivity contribution in [1.82, 2.24) is 15.2 Å². The first-order valence-electron chi connectivity index (χ1n) is 5.67. The smallest absolute Gasteiger partial charge is 0.239 e. The first-order chi connectivity index (χ1) is 7.81. The van der Waals surface area contributed by atoms with E-state index in [0.29, 0.717) is 0 Å². The Morgan fingerprint density at radius 1 is 1.56 bits per heavy atom. The molecule has 0 aliphatic carbocycles. The Labute approximate surface area is 95.7 Å². The third-order valence-electron chi connectivity index (χ3n) is 3.01. The zero-order valence-electron chi connectivity index (χ0n) is 9.52. The molecular weight excluding hydrogens is 202 g/mol. The Morgan fingerprint density at radius 2 is 2.44 bits per heavy atom. The van der Waals surface area contributed by atoms with Gasteiger partial charge in [-0.2, -0.15) is 0 Å². The minimum atomic E-state index is 0.0173. The predicted octanol–water partition coefficient (Wildman–Crippen LogP) is 0.444. The van der Waals surface area contributed by atoms with Gasteiger partial charge >= 0.3 is 0 Å². The Morgan fingerprint density at radius 3 is 3.06 bits per heavy atom. The molecular formula is C12H17N3O. The van der Waals surface area contributed by atoms with E-state index in [2.05, 4.69) is 10.3 Å². The highest BCUT2D eigenvalue weighted by Crippen LogP contribution is 2.11. The summed E-state index contributed by atoms with van der Waals surface area (Å²) in [5.41, 5.74) is 1.04. The number of nitrogens with one attached hydrogen (secondary N) is 1. The number of likely N-dealkylation sites (N-methyl/N-ethyl adjacent to an activating group) is 1. The minimum absolute atomic E-state index is 0.0173. The highest BCUT2D eigenvalue weighted by Gasteiger charge is 2.29. The predicted molar refractivity (Wildman–Crippen MR) is 62.0 cm³/mol.